The number of ether oxygens (including phenoxy) is 1. The average molecular weight is 282 g/mol. The van der Waals surface area contributed by atoms with Crippen molar-refractivity contribution < 1.29 is 9.53 Å². The molecule has 19 heavy (non-hydrogen) atoms. The largest absolute Gasteiger partial charge is 0.496 e. The third-order valence-electron chi connectivity index (χ3n) is 2.88. The maximum absolute atomic E-state index is 11.8. The van der Waals surface area contributed by atoms with E-state index in [1.54, 1.807) is 23.8 Å². The minimum absolute atomic E-state index is 0.141. The molecular formula is C14H22N2O2S. The Labute approximate surface area is 119 Å². The number of amides is 1. The molecule has 0 aliphatic rings. The second-order valence-electron chi connectivity index (χ2n) is 4.29. The first-order valence-corrected chi connectivity index (χ1v) is 7.44. The van der Waals surface area contributed by atoms with E-state index < -0.39 is 0 Å². The van der Waals surface area contributed by atoms with Gasteiger partial charge in [0.2, 0.25) is 5.91 Å². The summed E-state index contributed by atoms with van der Waals surface area (Å²) in [4.78, 5) is 14.7. The van der Waals surface area contributed by atoms with Crippen LogP contribution in [0.3, 0.4) is 0 Å². The Morgan fingerprint density at radius 1 is 1.47 bits per heavy atom. The number of carbonyl (C=O) groups excluding carboxylic acids is 1. The summed E-state index contributed by atoms with van der Waals surface area (Å²) in [5, 5.41) is 2.98. The van der Waals surface area contributed by atoms with Crippen LogP contribution in [0.1, 0.15) is 12.0 Å². The number of rotatable bonds is 7. The molecule has 0 bridgehead atoms. The van der Waals surface area contributed by atoms with Crippen molar-refractivity contribution in [3.63, 3.8) is 0 Å². The van der Waals surface area contributed by atoms with E-state index in [0.717, 1.165) is 16.2 Å². The van der Waals surface area contributed by atoms with Gasteiger partial charge in [-0.15, -0.1) is 11.8 Å². The van der Waals surface area contributed by atoms with Crippen LogP contribution in [0.2, 0.25) is 0 Å². The van der Waals surface area contributed by atoms with Crippen molar-refractivity contribution in [2.24, 2.45) is 0 Å². The van der Waals surface area contributed by atoms with E-state index in [1.165, 1.54) is 0 Å². The van der Waals surface area contributed by atoms with Crippen LogP contribution in [0.15, 0.2) is 23.1 Å². The van der Waals surface area contributed by atoms with Crippen LogP contribution in [-0.4, -0.2) is 44.8 Å². The molecule has 1 aromatic rings. The van der Waals surface area contributed by atoms with Gasteiger partial charge in [-0.1, -0.05) is 6.07 Å². The monoisotopic (exact) mass is 282 g/mol. The van der Waals surface area contributed by atoms with E-state index in [9.17, 15) is 4.79 Å². The van der Waals surface area contributed by atoms with Crippen LogP contribution in [0.5, 0.6) is 5.75 Å². The fourth-order valence-corrected chi connectivity index (χ4v) is 2.31. The van der Waals surface area contributed by atoms with Gasteiger partial charge in [-0.25, -0.2) is 0 Å². The van der Waals surface area contributed by atoms with E-state index in [-0.39, 0.29) is 5.91 Å². The average Bonchev–Trinajstić information content (AvgIpc) is 2.44. The molecule has 0 aromatic heterocycles. The molecule has 0 aliphatic carbocycles. The summed E-state index contributed by atoms with van der Waals surface area (Å²) >= 11 is 1.65. The van der Waals surface area contributed by atoms with Gasteiger partial charge in [0.25, 0.3) is 0 Å². The van der Waals surface area contributed by atoms with Gasteiger partial charge in [0.05, 0.1) is 7.11 Å². The molecule has 0 radical (unpaired) electrons. The van der Waals surface area contributed by atoms with Crippen molar-refractivity contribution in [1.29, 1.82) is 0 Å². The normalized spacial score (nSPS) is 10.3. The van der Waals surface area contributed by atoms with E-state index in [0.29, 0.717) is 19.5 Å². The molecule has 1 amide bonds. The molecule has 0 saturated heterocycles. The van der Waals surface area contributed by atoms with Crippen LogP contribution in [0.25, 0.3) is 0 Å². The van der Waals surface area contributed by atoms with Crippen molar-refractivity contribution in [2.45, 2.75) is 17.9 Å². The zero-order valence-electron chi connectivity index (χ0n) is 12.0. The number of benzene rings is 1. The Balaban J connectivity index is 2.68. The number of hydrogen-bond donors (Lipinski definition) is 1. The summed E-state index contributed by atoms with van der Waals surface area (Å²) in [5.41, 5.74) is 1.08. The molecule has 0 atom stereocenters. The summed E-state index contributed by atoms with van der Waals surface area (Å²) in [5.74, 6) is 1.00. The molecule has 1 rings (SSSR count). The molecular weight excluding hydrogens is 260 g/mol. The highest BCUT2D eigenvalue weighted by molar-refractivity contribution is 7.98. The second kappa shape index (κ2) is 8.07. The number of nitrogens with zero attached hydrogens (tertiary/aromatic N) is 1. The van der Waals surface area contributed by atoms with Gasteiger partial charge in [-0.2, -0.15) is 0 Å². The number of nitrogens with one attached hydrogen (secondary N) is 1. The Morgan fingerprint density at radius 2 is 2.21 bits per heavy atom. The Bertz CT molecular complexity index is 424. The molecule has 1 aromatic carbocycles. The first-order chi connectivity index (χ1) is 9.12. The molecule has 5 heteroatoms. The standard InChI is InChI=1S/C14H22N2O2S/c1-15-8-7-14(17)16(2)10-11-5-6-13(19-4)12(9-11)18-3/h5-6,9,15H,7-8,10H2,1-4H3. The lowest BCUT2D eigenvalue weighted by atomic mass is 10.2. The topological polar surface area (TPSA) is 41.6 Å². The Morgan fingerprint density at radius 3 is 2.79 bits per heavy atom. The smallest absolute Gasteiger partial charge is 0.223 e. The van der Waals surface area contributed by atoms with Crippen molar-refractivity contribution >= 4 is 17.7 Å². The molecule has 4 nitrogen and oxygen atoms in total. The predicted octanol–water partition coefficient (Wildman–Crippen LogP) is 1.98. The molecule has 0 heterocycles. The third kappa shape index (κ3) is 4.76. The molecule has 0 fully saturated rings. The van der Waals surface area contributed by atoms with Crippen LogP contribution in [0.4, 0.5) is 0 Å². The predicted molar refractivity (Wildman–Crippen MR) is 79.8 cm³/mol. The van der Waals surface area contributed by atoms with E-state index in [1.807, 2.05) is 38.6 Å². The van der Waals surface area contributed by atoms with Gasteiger partial charge >= 0.3 is 0 Å². The number of methoxy groups -OCH3 is 1. The van der Waals surface area contributed by atoms with E-state index in [2.05, 4.69) is 5.32 Å². The lowest BCUT2D eigenvalue weighted by molar-refractivity contribution is -0.130. The second-order valence-corrected chi connectivity index (χ2v) is 5.14. The quantitative estimate of drug-likeness (QED) is 0.777. The Hall–Kier alpha value is -1.20. The van der Waals surface area contributed by atoms with Gasteiger partial charge in [-0.3, -0.25) is 4.79 Å². The molecule has 0 saturated carbocycles. The first kappa shape index (κ1) is 15.9. The molecule has 1 N–H and O–H groups in total. The number of carbonyl (C=O) groups is 1. The van der Waals surface area contributed by atoms with Crippen molar-refractivity contribution in [3.8, 4) is 5.75 Å². The third-order valence-corrected chi connectivity index (χ3v) is 3.66. The summed E-state index contributed by atoms with van der Waals surface area (Å²) < 4.78 is 5.35. The van der Waals surface area contributed by atoms with Crippen molar-refractivity contribution in [1.82, 2.24) is 10.2 Å². The minimum Gasteiger partial charge on any atom is -0.496 e. The van der Waals surface area contributed by atoms with E-state index in [4.69, 9.17) is 4.74 Å². The highest BCUT2D eigenvalue weighted by atomic mass is 32.2. The molecule has 0 unspecified atom stereocenters. The lowest BCUT2D eigenvalue weighted by Gasteiger charge is -2.18. The fraction of sp³-hybridized carbons (Fsp3) is 0.500. The van der Waals surface area contributed by atoms with Crippen molar-refractivity contribution in [3.05, 3.63) is 23.8 Å². The fourth-order valence-electron chi connectivity index (χ4n) is 1.76. The minimum atomic E-state index is 0.141. The number of hydrogen-bond acceptors (Lipinski definition) is 4. The van der Waals surface area contributed by atoms with Gasteiger partial charge in [0.1, 0.15) is 5.75 Å². The summed E-state index contributed by atoms with van der Waals surface area (Å²) in [6.45, 7) is 1.31. The van der Waals surface area contributed by atoms with Crippen LogP contribution in [0, 0.1) is 0 Å². The van der Waals surface area contributed by atoms with E-state index >= 15 is 0 Å². The zero-order chi connectivity index (χ0) is 14.3. The van der Waals surface area contributed by atoms with Gasteiger partial charge in [0.15, 0.2) is 0 Å². The SMILES string of the molecule is CNCCC(=O)N(C)Cc1ccc(SC)c(OC)c1. The Kier molecular flexibility index (Phi) is 6.73. The highest BCUT2D eigenvalue weighted by Gasteiger charge is 2.10. The summed E-state index contributed by atoms with van der Waals surface area (Å²) in [6.07, 6.45) is 2.54. The highest BCUT2D eigenvalue weighted by Crippen LogP contribution is 2.28. The summed E-state index contributed by atoms with van der Waals surface area (Å²) in [6, 6.07) is 6.06. The summed E-state index contributed by atoms with van der Waals surface area (Å²) in [7, 11) is 5.34. The first-order valence-electron chi connectivity index (χ1n) is 6.21. The van der Waals surface area contributed by atoms with Crippen LogP contribution >= 0.6 is 11.8 Å². The molecule has 0 spiro atoms. The maximum Gasteiger partial charge on any atom is 0.223 e. The molecule has 106 valence electrons. The van der Waals surface area contributed by atoms with Gasteiger partial charge < -0.3 is 15.0 Å². The van der Waals surface area contributed by atoms with Gasteiger partial charge in [0, 0.05) is 31.5 Å². The van der Waals surface area contributed by atoms with Crippen LogP contribution < -0.4 is 10.1 Å². The number of thioether (sulfide) groups is 1. The van der Waals surface area contributed by atoms with Crippen molar-refractivity contribution in [2.75, 3.05) is 34.0 Å². The molecule has 0 aliphatic heterocycles. The maximum atomic E-state index is 11.8. The van der Waals surface area contributed by atoms with Crippen LogP contribution in [-0.2, 0) is 11.3 Å². The lowest BCUT2D eigenvalue weighted by Crippen LogP contribution is -2.28. The van der Waals surface area contributed by atoms with Gasteiger partial charge in [-0.05, 0) is 31.0 Å². The zero-order valence-corrected chi connectivity index (χ0v) is 12.8.